The van der Waals surface area contributed by atoms with Crippen molar-refractivity contribution >= 4 is 28.5 Å². The highest BCUT2D eigenvalue weighted by Gasteiger charge is 2.79. The number of hydrogen-bond donors (Lipinski definition) is 4. The number of esters is 2. The number of para-hydroxylation sites is 1. The van der Waals surface area contributed by atoms with Crippen molar-refractivity contribution in [1.29, 1.82) is 0 Å². The summed E-state index contributed by atoms with van der Waals surface area (Å²) in [5, 5.41) is 38.3. The van der Waals surface area contributed by atoms with E-state index in [-0.39, 0.29) is 12.0 Å². The number of aromatic nitrogens is 1. The third kappa shape index (κ3) is 4.59. The molecule has 1 saturated carbocycles. The molecule has 12 nitrogen and oxygen atoms in total. The number of anilines is 1. The van der Waals surface area contributed by atoms with E-state index in [1.54, 1.807) is 7.11 Å². The highest BCUT2D eigenvalue weighted by molar-refractivity contribution is 5.95. The summed E-state index contributed by atoms with van der Waals surface area (Å²) < 4.78 is 17.6. The molecule has 0 radical (unpaired) electrons. The van der Waals surface area contributed by atoms with E-state index in [0.717, 1.165) is 46.5 Å². The molecule has 5 unspecified atom stereocenters. The largest absolute Gasteiger partial charge is 0.496 e. The number of hydrogen-bond acceptors (Lipinski definition) is 11. The lowest BCUT2D eigenvalue weighted by Crippen LogP contribution is -2.80. The molecule has 2 bridgehead atoms. The van der Waals surface area contributed by atoms with Crippen LogP contribution in [0.2, 0.25) is 0 Å². The fourth-order valence-electron chi connectivity index (χ4n) is 13.2. The molecule has 9 rings (SSSR count). The molecule has 12 heteroatoms. The zero-order valence-corrected chi connectivity index (χ0v) is 33.4. The molecular weight excluding hydrogens is 713 g/mol. The molecule has 10 atom stereocenters. The average molecular weight is 769 g/mol. The van der Waals surface area contributed by atoms with E-state index in [4.69, 9.17) is 14.2 Å². The molecule has 56 heavy (non-hydrogen) atoms. The van der Waals surface area contributed by atoms with Gasteiger partial charge in [0.1, 0.15) is 17.3 Å². The molecule has 3 fully saturated rings. The predicted octanol–water partition coefficient (Wildman–Crippen LogP) is 3.42. The summed E-state index contributed by atoms with van der Waals surface area (Å²) in [6.45, 7) is 7.41. The van der Waals surface area contributed by atoms with Gasteiger partial charge in [-0.05, 0) is 74.2 Å². The van der Waals surface area contributed by atoms with Gasteiger partial charge in [0.25, 0.3) is 0 Å². The molecule has 3 aromatic rings. The molecule has 0 amide bonds. The molecule has 300 valence electrons. The lowest BCUT2D eigenvalue weighted by Gasteiger charge is -2.63. The number of aliphatic hydroxyl groups is 3. The van der Waals surface area contributed by atoms with Crippen LogP contribution >= 0.6 is 0 Å². The van der Waals surface area contributed by atoms with Crippen molar-refractivity contribution in [3.63, 3.8) is 0 Å². The number of aromatic amines is 1. The van der Waals surface area contributed by atoms with Crippen LogP contribution < -0.4 is 9.64 Å². The van der Waals surface area contributed by atoms with Crippen molar-refractivity contribution in [2.75, 3.05) is 66.0 Å². The van der Waals surface area contributed by atoms with E-state index >= 15 is 4.79 Å². The van der Waals surface area contributed by atoms with Crippen molar-refractivity contribution in [1.82, 2.24) is 14.8 Å². The van der Waals surface area contributed by atoms with Crippen LogP contribution in [0.3, 0.4) is 0 Å². The minimum Gasteiger partial charge on any atom is -0.496 e. The Morgan fingerprint density at radius 1 is 0.964 bits per heavy atom. The lowest BCUT2D eigenvalue weighted by molar-refractivity contribution is -0.218. The number of rotatable bonds is 6. The van der Waals surface area contributed by atoms with Gasteiger partial charge in [-0.25, -0.2) is 4.79 Å². The Labute approximate surface area is 328 Å². The summed E-state index contributed by atoms with van der Waals surface area (Å²) in [5.41, 5.74) is -1.43. The molecule has 6 heterocycles. The van der Waals surface area contributed by atoms with E-state index in [1.165, 1.54) is 14.2 Å². The van der Waals surface area contributed by atoms with Gasteiger partial charge in [0, 0.05) is 84.0 Å². The van der Waals surface area contributed by atoms with Gasteiger partial charge >= 0.3 is 11.9 Å². The number of ether oxygens (including phenoxy) is 3. The molecule has 6 aliphatic rings. The predicted molar refractivity (Wildman–Crippen MR) is 211 cm³/mol. The second-order valence-corrected chi connectivity index (χ2v) is 17.6. The number of benzene rings is 2. The molecule has 1 aliphatic carbocycles. The third-order valence-electron chi connectivity index (χ3n) is 15.4. The summed E-state index contributed by atoms with van der Waals surface area (Å²) in [4.78, 5) is 39.7. The maximum Gasteiger partial charge on any atom is 0.342 e. The van der Waals surface area contributed by atoms with Gasteiger partial charge < -0.3 is 39.4 Å². The smallest absolute Gasteiger partial charge is 0.342 e. The quantitative estimate of drug-likeness (QED) is 0.216. The number of likely N-dealkylation sites (N-methyl/N-ethyl adjacent to an activating group) is 1. The molecule has 4 N–H and O–H groups in total. The van der Waals surface area contributed by atoms with Gasteiger partial charge in [-0.3, -0.25) is 14.6 Å². The molecular formula is C44H56N4O8. The first-order valence-corrected chi connectivity index (χ1v) is 20.3. The number of aliphatic hydroxyl groups excluding tert-OH is 1. The van der Waals surface area contributed by atoms with Crippen LogP contribution in [0.4, 0.5) is 5.69 Å². The first-order chi connectivity index (χ1) is 26.8. The Hall–Kier alpha value is -3.94. The molecule has 1 aromatic heterocycles. The van der Waals surface area contributed by atoms with Gasteiger partial charge in [0.15, 0.2) is 0 Å². The van der Waals surface area contributed by atoms with Gasteiger partial charge in [-0.1, -0.05) is 44.2 Å². The third-order valence-corrected chi connectivity index (χ3v) is 15.4. The van der Waals surface area contributed by atoms with Crippen LogP contribution in [0.1, 0.15) is 68.3 Å². The Bertz CT molecular complexity index is 2140. The minimum absolute atomic E-state index is 0.0795. The van der Waals surface area contributed by atoms with Crippen molar-refractivity contribution < 1.29 is 39.1 Å². The number of piperidine rings is 1. The Morgan fingerprint density at radius 2 is 1.73 bits per heavy atom. The molecule has 1 spiro atoms. The van der Waals surface area contributed by atoms with Gasteiger partial charge in [0.05, 0.1) is 33.0 Å². The van der Waals surface area contributed by atoms with E-state index in [1.807, 2.05) is 62.2 Å². The number of methoxy groups -OCH3 is 3. The zero-order chi connectivity index (χ0) is 39.6. The summed E-state index contributed by atoms with van der Waals surface area (Å²) in [6, 6.07) is 11.1. The first-order valence-electron chi connectivity index (χ1n) is 20.3. The van der Waals surface area contributed by atoms with Crippen molar-refractivity contribution in [3.8, 4) is 5.75 Å². The van der Waals surface area contributed by atoms with Gasteiger partial charge in [0.2, 0.25) is 5.60 Å². The normalized spacial score (nSPS) is 38.4. The fraction of sp³-hybridized carbons (Fsp3) is 0.591. The second-order valence-electron chi connectivity index (χ2n) is 17.6. The summed E-state index contributed by atoms with van der Waals surface area (Å²) in [6.07, 6.45) is 5.82. The number of carbonyl (C=O) groups excluding carboxylic acids is 2. The standard InChI is InChI=1S/C44H56N4O8/c1-7-40(52)22-26-23-43(38(50)55-5,34-28(14-18-47(24-26)25-40)27-12-9-10-13-31(27)45-34)30-20-29-32(21-33(30)54-4)46(3)36-42(29)16-19-48-17-11-15-41(8-2,35(42)48)37(49)44(36,53)39(51)56-6/h9-13,15,20-21,26,35-37,45,49,52-53H,7-8,14,16-19,22-25H2,1-6H3/t26?,35?,36?,37-,40+,41-,42?,43+,44+/m1/s1. The van der Waals surface area contributed by atoms with Crippen LogP contribution in [0, 0.1) is 11.3 Å². The van der Waals surface area contributed by atoms with Crippen LogP contribution in [0.5, 0.6) is 5.75 Å². The van der Waals surface area contributed by atoms with Gasteiger partial charge in [-0.15, -0.1) is 0 Å². The monoisotopic (exact) mass is 768 g/mol. The van der Waals surface area contributed by atoms with Gasteiger partial charge in [-0.2, -0.15) is 0 Å². The second kappa shape index (κ2) is 12.8. The van der Waals surface area contributed by atoms with Crippen molar-refractivity contribution in [3.05, 3.63) is 70.9 Å². The Balaban J connectivity index is 1.36. The first kappa shape index (κ1) is 37.6. The highest BCUT2D eigenvalue weighted by atomic mass is 16.5. The summed E-state index contributed by atoms with van der Waals surface area (Å²) >= 11 is 0. The van der Waals surface area contributed by atoms with Crippen LogP contribution in [0.15, 0.2) is 48.6 Å². The maximum atomic E-state index is 15.2. The van der Waals surface area contributed by atoms with Crippen molar-refractivity contribution in [2.24, 2.45) is 11.3 Å². The number of nitrogens with one attached hydrogen (secondary N) is 1. The maximum absolute atomic E-state index is 15.2. The number of carbonyl (C=O) groups is 2. The van der Waals surface area contributed by atoms with Crippen LogP contribution in [0.25, 0.3) is 10.9 Å². The van der Waals surface area contributed by atoms with E-state index in [2.05, 4.69) is 26.9 Å². The van der Waals surface area contributed by atoms with E-state index in [9.17, 15) is 20.1 Å². The highest BCUT2D eigenvalue weighted by Crippen LogP contribution is 2.67. The zero-order valence-electron chi connectivity index (χ0n) is 33.4. The Kier molecular flexibility index (Phi) is 8.59. The fourth-order valence-corrected chi connectivity index (χ4v) is 13.2. The van der Waals surface area contributed by atoms with Crippen LogP contribution in [-0.4, -0.2) is 133 Å². The number of fused-ring (bicyclic) bond motifs is 6. The molecule has 2 aromatic carbocycles. The van der Waals surface area contributed by atoms with E-state index < -0.39 is 51.5 Å². The number of nitrogens with zero attached hydrogens (tertiary/aromatic N) is 3. The number of H-pyrrole nitrogens is 1. The average Bonchev–Trinajstić information content (AvgIpc) is 3.87. The Morgan fingerprint density at radius 3 is 2.45 bits per heavy atom. The van der Waals surface area contributed by atoms with Crippen molar-refractivity contribution in [2.45, 2.75) is 92.6 Å². The topological polar surface area (TPSA) is 148 Å². The van der Waals surface area contributed by atoms with Crippen LogP contribution in [-0.2, 0) is 36.3 Å². The molecule has 2 saturated heterocycles. The lowest BCUT2D eigenvalue weighted by atomic mass is 9.47. The molecule has 5 aliphatic heterocycles. The minimum atomic E-state index is -2.29. The summed E-state index contributed by atoms with van der Waals surface area (Å²) in [7, 11) is 6.17. The summed E-state index contributed by atoms with van der Waals surface area (Å²) in [5.74, 6) is -0.908. The SMILES string of the molecule is CC[C@]1(O)CC2CN(CCc3c([nH]c4ccccc34)[C@@](C(=O)OC)(c3cc4c(cc3OC)N(C)C3C45CCN4CC=C[C@](CC)(C45)[C@@H](O)[C@]3(O)C(=O)OC)C2)C1. The van der Waals surface area contributed by atoms with E-state index in [0.29, 0.717) is 69.5 Å².